The summed E-state index contributed by atoms with van der Waals surface area (Å²) in [5.41, 5.74) is 0.533. The number of nitrogens with zero attached hydrogens (tertiary/aromatic N) is 1. The molecule has 0 radical (unpaired) electrons. The minimum Gasteiger partial charge on any atom is -0.494 e. The van der Waals surface area contributed by atoms with Crippen molar-refractivity contribution in [3.63, 3.8) is 0 Å². The fourth-order valence-corrected chi connectivity index (χ4v) is 4.18. The summed E-state index contributed by atoms with van der Waals surface area (Å²) in [4.78, 5) is 13.6. The second kappa shape index (κ2) is 6.01. The number of rotatable bonds is 4. The van der Waals surface area contributed by atoms with Gasteiger partial charge in [-0.3, -0.25) is 4.79 Å². The van der Waals surface area contributed by atoms with Gasteiger partial charge in [-0.05, 0) is 24.1 Å². The Morgan fingerprint density at radius 1 is 1.48 bits per heavy atom. The van der Waals surface area contributed by atoms with Crippen molar-refractivity contribution in [3.8, 4) is 5.75 Å². The average molecular weight is 315 g/mol. The van der Waals surface area contributed by atoms with E-state index in [0.717, 1.165) is 0 Å². The summed E-state index contributed by atoms with van der Waals surface area (Å²) in [6, 6.07) is 4.07. The second-order valence-corrected chi connectivity index (χ2v) is 7.44. The SMILES string of the molecule is COc1ccc(CC(=O)N(C)[C@@H]2CCS(=O)(=O)C2)cc1F. The summed E-state index contributed by atoms with van der Waals surface area (Å²) in [5, 5.41) is 0. The molecule has 2 rings (SSSR count). The molecule has 0 spiro atoms. The molecule has 1 saturated heterocycles. The maximum Gasteiger partial charge on any atom is 0.227 e. The van der Waals surface area contributed by atoms with Gasteiger partial charge in [0, 0.05) is 13.1 Å². The minimum atomic E-state index is -3.03. The molecule has 0 saturated carbocycles. The van der Waals surface area contributed by atoms with Crippen LogP contribution in [0.3, 0.4) is 0 Å². The van der Waals surface area contributed by atoms with Crippen LogP contribution in [0.2, 0.25) is 0 Å². The second-order valence-electron chi connectivity index (χ2n) is 5.21. The van der Waals surface area contributed by atoms with Crippen LogP contribution in [0.25, 0.3) is 0 Å². The Bertz CT molecular complexity index is 644. The number of carbonyl (C=O) groups is 1. The van der Waals surface area contributed by atoms with Crippen LogP contribution in [0.5, 0.6) is 5.75 Å². The largest absolute Gasteiger partial charge is 0.494 e. The molecule has 1 amide bonds. The van der Waals surface area contributed by atoms with Crippen LogP contribution in [-0.4, -0.2) is 50.9 Å². The Hall–Kier alpha value is -1.63. The summed E-state index contributed by atoms with van der Waals surface area (Å²) in [6.07, 6.45) is 0.496. The zero-order chi connectivity index (χ0) is 15.6. The third-order valence-corrected chi connectivity index (χ3v) is 5.47. The Labute approximate surface area is 123 Å². The van der Waals surface area contributed by atoms with E-state index in [1.165, 1.54) is 24.1 Å². The number of benzene rings is 1. The van der Waals surface area contributed by atoms with Crippen LogP contribution in [-0.2, 0) is 21.1 Å². The van der Waals surface area contributed by atoms with Crippen LogP contribution in [0, 0.1) is 5.82 Å². The highest BCUT2D eigenvalue weighted by molar-refractivity contribution is 7.91. The van der Waals surface area contributed by atoms with Crippen molar-refractivity contribution < 1.29 is 22.3 Å². The molecular weight excluding hydrogens is 297 g/mol. The lowest BCUT2D eigenvalue weighted by atomic mass is 10.1. The maximum absolute atomic E-state index is 13.6. The van der Waals surface area contributed by atoms with Gasteiger partial charge in [0.1, 0.15) is 0 Å². The summed E-state index contributed by atoms with van der Waals surface area (Å²) in [5.74, 6) is -0.490. The van der Waals surface area contributed by atoms with Crippen LogP contribution in [0.15, 0.2) is 18.2 Å². The van der Waals surface area contributed by atoms with Crippen LogP contribution in [0.1, 0.15) is 12.0 Å². The van der Waals surface area contributed by atoms with E-state index in [-0.39, 0.29) is 35.6 Å². The summed E-state index contributed by atoms with van der Waals surface area (Å²) < 4.78 is 41.3. The monoisotopic (exact) mass is 315 g/mol. The van der Waals surface area contributed by atoms with Crippen molar-refractivity contribution in [2.75, 3.05) is 25.7 Å². The van der Waals surface area contributed by atoms with Crippen molar-refractivity contribution in [3.05, 3.63) is 29.6 Å². The number of sulfone groups is 1. The van der Waals surface area contributed by atoms with E-state index in [1.54, 1.807) is 13.1 Å². The highest BCUT2D eigenvalue weighted by Gasteiger charge is 2.32. The lowest BCUT2D eigenvalue weighted by molar-refractivity contribution is -0.130. The molecule has 5 nitrogen and oxygen atoms in total. The first-order chi connectivity index (χ1) is 9.82. The molecule has 1 fully saturated rings. The number of methoxy groups -OCH3 is 1. The van der Waals surface area contributed by atoms with E-state index >= 15 is 0 Å². The first-order valence-corrected chi connectivity index (χ1v) is 8.43. The van der Waals surface area contributed by atoms with Gasteiger partial charge in [-0.25, -0.2) is 12.8 Å². The number of amides is 1. The quantitative estimate of drug-likeness (QED) is 0.832. The Kier molecular flexibility index (Phi) is 4.51. The lowest BCUT2D eigenvalue weighted by Crippen LogP contribution is -2.38. The molecule has 1 aliphatic heterocycles. The molecule has 0 aromatic heterocycles. The van der Waals surface area contributed by atoms with Gasteiger partial charge in [-0.15, -0.1) is 0 Å². The first kappa shape index (κ1) is 15.8. The number of hydrogen-bond donors (Lipinski definition) is 0. The van der Waals surface area contributed by atoms with Crippen LogP contribution < -0.4 is 4.74 Å². The normalized spacial score (nSPS) is 20.2. The van der Waals surface area contributed by atoms with Crippen molar-refractivity contribution in [2.24, 2.45) is 0 Å². The fourth-order valence-electron chi connectivity index (χ4n) is 2.40. The van der Waals surface area contributed by atoms with Gasteiger partial charge in [0.05, 0.1) is 25.0 Å². The number of hydrogen-bond acceptors (Lipinski definition) is 4. The predicted octanol–water partition coefficient (Wildman–Crippen LogP) is 1.02. The smallest absolute Gasteiger partial charge is 0.227 e. The molecule has 0 aliphatic carbocycles. The number of carbonyl (C=O) groups excluding carboxylic acids is 1. The molecule has 0 bridgehead atoms. The summed E-state index contributed by atoms with van der Waals surface area (Å²) >= 11 is 0. The van der Waals surface area contributed by atoms with Gasteiger partial charge in [0.15, 0.2) is 21.4 Å². The first-order valence-electron chi connectivity index (χ1n) is 6.61. The van der Waals surface area contributed by atoms with Gasteiger partial charge in [0.2, 0.25) is 5.91 Å². The van der Waals surface area contributed by atoms with Crippen LogP contribution in [0.4, 0.5) is 4.39 Å². The van der Waals surface area contributed by atoms with E-state index in [1.807, 2.05) is 0 Å². The Balaban J connectivity index is 2.02. The number of halogens is 1. The zero-order valence-corrected chi connectivity index (χ0v) is 12.8. The van der Waals surface area contributed by atoms with Gasteiger partial charge < -0.3 is 9.64 Å². The number of ether oxygens (including phenoxy) is 1. The zero-order valence-electron chi connectivity index (χ0n) is 12.0. The molecule has 21 heavy (non-hydrogen) atoms. The molecule has 7 heteroatoms. The van der Waals surface area contributed by atoms with Crippen molar-refractivity contribution in [2.45, 2.75) is 18.9 Å². The molecule has 0 N–H and O–H groups in total. The van der Waals surface area contributed by atoms with Gasteiger partial charge in [-0.1, -0.05) is 6.07 Å². The van der Waals surface area contributed by atoms with Gasteiger partial charge in [-0.2, -0.15) is 0 Å². The Morgan fingerprint density at radius 2 is 2.19 bits per heavy atom. The fraction of sp³-hybridized carbons (Fsp3) is 0.500. The molecule has 1 atom stereocenters. The molecule has 1 aromatic rings. The predicted molar refractivity (Wildman–Crippen MR) is 76.5 cm³/mol. The van der Waals surface area contributed by atoms with Crippen molar-refractivity contribution >= 4 is 15.7 Å². The molecule has 116 valence electrons. The van der Waals surface area contributed by atoms with Crippen molar-refractivity contribution in [1.82, 2.24) is 4.90 Å². The Morgan fingerprint density at radius 3 is 2.71 bits per heavy atom. The van der Waals surface area contributed by atoms with Gasteiger partial charge >= 0.3 is 0 Å². The topological polar surface area (TPSA) is 63.7 Å². The maximum atomic E-state index is 13.6. The van der Waals surface area contributed by atoms with E-state index in [2.05, 4.69) is 0 Å². The lowest BCUT2D eigenvalue weighted by Gasteiger charge is -2.23. The third kappa shape index (κ3) is 3.72. The highest BCUT2D eigenvalue weighted by atomic mass is 32.2. The molecule has 1 heterocycles. The average Bonchev–Trinajstić information content (AvgIpc) is 2.78. The molecule has 0 unspecified atom stereocenters. The molecule has 1 aromatic carbocycles. The molecular formula is C14H18FNO4S. The number of likely N-dealkylation sites (N-methyl/N-ethyl adjacent to an activating group) is 1. The van der Waals surface area contributed by atoms with Crippen LogP contribution >= 0.6 is 0 Å². The van der Waals surface area contributed by atoms with E-state index in [0.29, 0.717) is 12.0 Å². The summed E-state index contributed by atoms with van der Waals surface area (Å²) in [7, 11) is -0.0694. The third-order valence-electron chi connectivity index (χ3n) is 3.72. The van der Waals surface area contributed by atoms with E-state index < -0.39 is 15.7 Å². The van der Waals surface area contributed by atoms with Crippen molar-refractivity contribution in [1.29, 1.82) is 0 Å². The standard InChI is InChI=1S/C14H18FNO4S/c1-16(11-5-6-21(18,19)9-11)14(17)8-10-3-4-13(20-2)12(15)7-10/h3-4,7,11H,5-6,8-9H2,1-2H3/t11-/m1/s1. The van der Waals surface area contributed by atoms with E-state index in [4.69, 9.17) is 4.74 Å². The summed E-state index contributed by atoms with van der Waals surface area (Å²) in [6.45, 7) is 0. The highest BCUT2D eigenvalue weighted by Crippen LogP contribution is 2.20. The minimum absolute atomic E-state index is 0.00616. The van der Waals surface area contributed by atoms with E-state index in [9.17, 15) is 17.6 Å². The van der Waals surface area contributed by atoms with Gasteiger partial charge in [0.25, 0.3) is 0 Å². The molecule has 1 aliphatic rings.